The van der Waals surface area contributed by atoms with Gasteiger partial charge in [-0.25, -0.2) is 9.59 Å². The molecule has 190 valence electrons. The smallest absolute Gasteiger partial charge is 0.408 e. The molecule has 9 nitrogen and oxygen atoms in total. The van der Waals surface area contributed by atoms with E-state index < -0.39 is 29.7 Å². The van der Waals surface area contributed by atoms with Gasteiger partial charge in [0.05, 0.1) is 0 Å². The molecule has 3 atom stereocenters. The van der Waals surface area contributed by atoms with Crippen LogP contribution in [0, 0.1) is 23.7 Å². The molecule has 0 aromatic rings. The number of carbonyl (C=O) groups is 4. The lowest BCUT2D eigenvalue weighted by Crippen LogP contribution is -2.51. The van der Waals surface area contributed by atoms with E-state index in [2.05, 4.69) is 16.0 Å². The number of ether oxygens (including phenoxy) is 1. The van der Waals surface area contributed by atoms with E-state index in [0.717, 1.165) is 12.8 Å². The topological polar surface area (TPSA) is 134 Å². The number of rotatable bonds is 10. The van der Waals surface area contributed by atoms with Crippen LogP contribution in [0.4, 0.5) is 4.79 Å². The third kappa shape index (κ3) is 10.0. The number of aliphatic carboxylic acids is 1. The largest absolute Gasteiger partial charge is 0.480 e. The van der Waals surface area contributed by atoms with Crippen molar-refractivity contribution in [3.05, 3.63) is 0 Å². The SMILES string of the molecule is CC[C@H](C)[C@H](NC(=O)C1CCC(CNC(=O)[C@@H](NC(=O)OC(C)(C)C)C(C)C)CC1)C(=O)O. The molecule has 0 radical (unpaired) electrons. The molecule has 4 N–H and O–H groups in total. The number of alkyl carbamates (subject to hydrolysis) is 1. The Hall–Kier alpha value is -2.32. The van der Waals surface area contributed by atoms with E-state index in [0.29, 0.717) is 25.8 Å². The van der Waals surface area contributed by atoms with E-state index in [-0.39, 0.29) is 35.5 Å². The molecular formula is C24H43N3O6. The molecule has 1 aliphatic rings. The normalized spacial score (nSPS) is 21.5. The van der Waals surface area contributed by atoms with Crippen LogP contribution < -0.4 is 16.0 Å². The molecule has 1 aliphatic carbocycles. The van der Waals surface area contributed by atoms with E-state index >= 15 is 0 Å². The minimum Gasteiger partial charge on any atom is -0.480 e. The molecule has 33 heavy (non-hydrogen) atoms. The number of hydrogen-bond acceptors (Lipinski definition) is 5. The van der Waals surface area contributed by atoms with Crippen LogP contribution in [0.2, 0.25) is 0 Å². The van der Waals surface area contributed by atoms with Crippen molar-refractivity contribution >= 4 is 23.9 Å². The van der Waals surface area contributed by atoms with Crippen LogP contribution in [0.15, 0.2) is 0 Å². The summed E-state index contributed by atoms with van der Waals surface area (Å²) in [6.45, 7) is 13.2. The van der Waals surface area contributed by atoms with Crippen molar-refractivity contribution in [2.75, 3.05) is 6.54 Å². The van der Waals surface area contributed by atoms with E-state index in [1.165, 1.54) is 0 Å². The van der Waals surface area contributed by atoms with Crippen molar-refractivity contribution < 1.29 is 29.0 Å². The first kappa shape index (κ1) is 28.7. The predicted molar refractivity (Wildman–Crippen MR) is 125 cm³/mol. The Morgan fingerprint density at radius 1 is 0.970 bits per heavy atom. The van der Waals surface area contributed by atoms with E-state index in [1.807, 2.05) is 27.7 Å². The summed E-state index contributed by atoms with van der Waals surface area (Å²) in [4.78, 5) is 48.8. The van der Waals surface area contributed by atoms with Gasteiger partial charge in [-0.3, -0.25) is 9.59 Å². The van der Waals surface area contributed by atoms with Crippen molar-refractivity contribution in [3.63, 3.8) is 0 Å². The minimum absolute atomic E-state index is 0.107. The summed E-state index contributed by atoms with van der Waals surface area (Å²) < 4.78 is 5.26. The zero-order valence-electron chi connectivity index (χ0n) is 21.2. The molecule has 0 saturated heterocycles. The summed E-state index contributed by atoms with van der Waals surface area (Å²) in [5.74, 6) is -1.68. The van der Waals surface area contributed by atoms with Crippen LogP contribution >= 0.6 is 0 Å². The first-order valence-corrected chi connectivity index (χ1v) is 12.1. The van der Waals surface area contributed by atoms with Crippen LogP contribution in [-0.2, 0) is 19.1 Å². The highest BCUT2D eigenvalue weighted by Gasteiger charge is 2.32. The van der Waals surface area contributed by atoms with Gasteiger partial charge >= 0.3 is 12.1 Å². The maximum absolute atomic E-state index is 12.7. The molecule has 0 heterocycles. The van der Waals surface area contributed by atoms with E-state index in [1.54, 1.807) is 20.8 Å². The van der Waals surface area contributed by atoms with Crippen LogP contribution in [0.25, 0.3) is 0 Å². The summed E-state index contributed by atoms with van der Waals surface area (Å²) in [5.41, 5.74) is -0.647. The van der Waals surface area contributed by atoms with Gasteiger partial charge < -0.3 is 25.8 Å². The summed E-state index contributed by atoms with van der Waals surface area (Å²) in [6.07, 6.45) is 2.90. The van der Waals surface area contributed by atoms with Crippen molar-refractivity contribution in [3.8, 4) is 0 Å². The van der Waals surface area contributed by atoms with Gasteiger partial charge in [0.1, 0.15) is 17.7 Å². The Kier molecular flexibility index (Phi) is 11.1. The number of nitrogens with one attached hydrogen (secondary N) is 3. The molecule has 1 rings (SSSR count). The molecule has 0 aliphatic heterocycles. The highest BCUT2D eigenvalue weighted by molar-refractivity contribution is 5.86. The predicted octanol–water partition coefficient (Wildman–Crippen LogP) is 3.07. The molecule has 9 heteroatoms. The highest BCUT2D eigenvalue weighted by atomic mass is 16.6. The van der Waals surface area contributed by atoms with Gasteiger partial charge in [0, 0.05) is 12.5 Å². The average Bonchev–Trinajstić information content (AvgIpc) is 2.72. The lowest BCUT2D eigenvalue weighted by Gasteiger charge is -2.30. The molecule has 0 spiro atoms. The Morgan fingerprint density at radius 2 is 1.55 bits per heavy atom. The van der Waals surface area contributed by atoms with E-state index in [9.17, 15) is 24.3 Å². The summed E-state index contributed by atoms with van der Waals surface area (Å²) in [7, 11) is 0. The molecule has 1 fully saturated rings. The summed E-state index contributed by atoms with van der Waals surface area (Å²) >= 11 is 0. The van der Waals surface area contributed by atoms with Crippen molar-refractivity contribution in [2.24, 2.45) is 23.7 Å². The van der Waals surface area contributed by atoms with Crippen molar-refractivity contribution in [2.45, 2.75) is 98.3 Å². The average molecular weight is 470 g/mol. The van der Waals surface area contributed by atoms with Gasteiger partial charge in [0.2, 0.25) is 11.8 Å². The highest BCUT2D eigenvalue weighted by Crippen LogP contribution is 2.29. The second-order valence-electron chi connectivity index (χ2n) is 10.5. The third-order valence-electron chi connectivity index (χ3n) is 6.18. The standard InChI is InChI=1S/C24H43N3O6/c1-8-15(4)19(22(30)31)26-20(28)17-11-9-16(10-12-17)13-25-21(29)18(14(2)3)27-23(32)33-24(5,6)7/h14-19H,8-13H2,1-7H3,(H,25,29)(H,26,28)(H,27,32)(H,30,31)/t15-,16?,17?,18-,19-/m0/s1. The van der Waals surface area contributed by atoms with Gasteiger partial charge in [0.15, 0.2) is 0 Å². The Balaban J connectivity index is 2.51. The van der Waals surface area contributed by atoms with Crippen LogP contribution in [-0.4, -0.2) is 53.2 Å². The number of carboxylic acid groups (broad SMARTS) is 1. The zero-order chi connectivity index (χ0) is 25.3. The van der Waals surface area contributed by atoms with Crippen LogP contribution in [0.1, 0.15) is 80.6 Å². The lowest BCUT2D eigenvalue weighted by atomic mass is 9.81. The quantitative estimate of drug-likeness (QED) is 0.388. The van der Waals surface area contributed by atoms with Gasteiger partial charge in [-0.15, -0.1) is 0 Å². The van der Waals surface area contributed by atoms with Gasteiger partial charge in [-0.05, 0) is 64.2 Å². The molecule has 0 aromatic carbocycles. The molecule has 0 unspecified atom stereocenters. The first-order valence-electron chi connectivity index (χ1n) is 12.1. The fourth-order valence-corrected chi connectivity index (χ4v) is 3.91. The maximum atomic E-state index is 12.7. The van der Waals surface area contributed by atoms with Crippen LogP contribution in [0.3, 0.4) is 0 Å². The number of carboxylic acids is 1. The van der Waals surface area contributed by atoms with E-state index in [4.69, 9.17) is 4.74 Å². The molecule has 0 aromatic heterocycles. The Labute approximate surface area is 197 Å². The fraction of sp³-hybridized carbons (Fsp3) is 0.833. The second kappa shape index (κ2) is 12.8. The van der Waals surface area contributed by atoms with Gasteiger partial charge in [-0.2, -0.15) is 0 Å². The fourth-order valence-electron chi connectivity index (χ4n) is 3.91. The Morgan fingerprint density at radius 3 is 2.00 bits per heavy atom. The summed E-state index contributed by atoms with van der Waals surface area (Å²) in [5, 5.41) is 17.7. The second-order valence-corrected chi connectivity index (χ2v) is 10.5. The number of amides is 3. The zero-order valence-corrected chi connectivity index (χ0v) is 21.2. The lowest BCUT2D eigenvalue weighted by molar-refractivity contribution is -0.144. The molecule has 0 bridgehead atoms. The van der Waals surface area contributed by atoms with Crippen LogP contribution in [0.5, 0.6) is 0 Å². The van der Waals surface area contributed by atoms with Gasteiger partial charge in [0.25, 0.3) is 0 Å². The monoisotopic (exact) mass is 469 g/mol. The number of hydrogen-bond donors (Lipinski definition) is 4. The minimum atomic E-state index is -1.01. The molecular weight excluding hydrogens is 426 g/mol. The first-order chi connectivity index (χ1) is 15.2. The molecule has 1 saturated carbocycles. The molecule has 3 amide bonds. The van der Waals surface area contributed by atoms with Crippen molar-refractivity contribution in [1.82, 2.24) is 16.0 Å². The number of carbonyl (C=O) groups excluding carboxylic acids is 3. The van der Waals surface area contributed by atoms with Gasteiger partial charge in [-0.1, -0.05) is 34.1 Å². The third-order valence-corrected chi connectivity index (χ3v) is 6.18. The van der Waals surface area contributed by atoms with Crippen molar-refractivity contribution in [1.29, 1.82) is 0 Å². The Bertz CT molecular complexity index is 680. The summed E-state index contributed by atoms with van der Waals surface area (Å²) in [6, 6.07) is -1.57. The maximum Gasteiger partial charge on any atom is 0.408 e.